The van der Waals surface area contributed by atoms with Crippen LogP contribution in [0.4, 0.5) is 24.7 Å². The molecule has 1 aliphatic heterocycles. The second-order valence-corrected chi connectivity index (χ2v) is 9.03. The van der Waals surface area contributed by atoms with E-state index in [4.69, 9.17) is 4.52 Å². The molecule has 0 saturated carbocycles. The Morgan fingerprint density at radius 1 is 1.27 bits per heavy atom. The Hall–Kier alpha value is -3.49. The topological polar surface area (TPSA) is 121 Å². The zero-order chi connectivity index (χ0) is 26.7. The van der Waals surface area contributed by atoms with E-state index in [1.165, 1.54) is 18.3 Å². The minimum Gasteiger partial charge on any atom is -0.755 e. The van der Waals surface area contributed by atoms with Crippen molar-refractivity contribution in [3.63, 3.8) is 0 Å². The third kappa shape index (κ3) is 6.26. The molecule has 1 aromatic carbocycles. The highest BCUT2D eigenvalue weighted by atomic mass is 32.2. The van der Waals surface area contributed by atoms with Crippen LogP contribution in [0.15, 0.2) is 47.1 Å². The van der Waals surface area contributed by atoms with Crippen LogP contribution < -0.4 is 9.04 Å². The van der Waals surface area contributed by atoms with Crippen molar-refractivity contribution in [1.29, 1.82) is 0 Å². The number of fused-ring (bicyclic) bond motifs is 1. The van der Waals surface area contributed by atoms with Crippen molar-refractivity contribution in [2.75, 3.05) is 24.6 Å². The lowest BCUT2D eigenvalue weighted by molar-refractivity contribution is -0.154. The summed E-state index contributed by atoms with van der Waals surface area (Å²) in [4.78, 5) is 17.8. The number of carbonyl (C=O) groups is 1. The second-order valence-electron chi connectivity index (χ2n) is 8.24. The summed E-state index contributed by atoms with van der Waals surface area (Å²) in [7, 11) is 1.16. The Bertz CT molecular complexity index is 1280. The van der Waals surface area contributed by atoms with Gasteiger partial charge in [-0.05, 0) is 42.2 Å². The van der Waals surface area contributed by atoms with E-state index in [9.17, 15) is 26.7 Å². The summed E-state index contributed by atoms with van der Waals surface area (Å²) in [5.74, 6) is -1.25. The third-order valence-electron chi connectivity index (χ3n) is 5.88. The predicted molar refractivity (Wildman–Crippen MR) is 124 cm³/mol. The van der Waals surface area contributed by atoms with Crippen LogP contribution in [0.1, 0.15) is 40.2 Å². The average molecular weight is 540 g/mol. The summed E-state index contributed by atoms with van der Waals surface area (Å²) in [6.45, 7) is 1.74. The number of benzene rings is 1. The van der Waals surface area contributed by atoms with Gasteiger partial charge in [0.15, 0.2) is 12.4 Å². The number of hydrogen-bond donors (Lipinski definition) is 0. The molecule has 2 atom stereocenters. The molecule has 4 rings (SSSR count). The number of aromatic nitrogens is 2. The lowest BCUT2D eigenvalue weighted by Gasteiger charge is -2.34. The minimum atomic E-state index is -4.45. The van der Waals surface area contributed by atoms with E-state index in [1.54, 1.807) is 18.2 Å². The van der Waals surface area contributed by atoms with Crippen molar-refractivity contribution in [1.82, 2.24) is 15.0 Å². The number of alkyl halides is 3. The Balaban J connectivity index is 1.51. The van der Waals surface area contributed by atoms with Gasteiger partial charge in [-0.15, -0.1) is 0 Å². The largest absolute Gasteiger partial charge is 0.755 e. The van der Waals surface area contributed by atoms with Crippen molar-refractivity contribution in [2.24, 2.45) is 0 Å². The quantitative estimate of drug-likeness (QED) is 0.310. The van der Waals surface area contributed by atoms with Gasteiger partial charge in [0.25, 0.3) is 0 Å². The van der Waals surface area contributed by atoms with Crippen LogP contribution in [0.5, 0.6) is 5.88 Å². The van der Waals surface area contributed by atoms with E-state index in [1.807, 2.05) is 13.0 Å². The number of esters is 1. The highest BCUT2D eigenvalue weighted by Gasteiger charge is 2.29. The molecule has 10 nitrogen and oxygen atoms in total. The highest BCUT2D eigenvalue weighted by molar-refractivity contribution is 7.81. The molecule has 0 bridgehead atoms. The maximum atomic E-state index is 12.4. The normalized spacial score (nSPS) is 15.5. The lowest BCUT2D eigenvalue weighted by atomic mass is 9.96. The minimum absolute atomic E-state index is 0.103. The van der Waals surface area contributed by atoms with Crippen molar-refractivity contribution in [3.05, 3.63) is 65.0 Å². The first kappa shape index (κ1) is 26.6. The highest BCUT2D eigenvalue weighted by Crippen LogP contribution is 2.33. The van der Waals surface area contributed by atoms with Crippen LogP contribution in [0.3, 0.4) is 0 Å². The van der Waals surface area contributed by atoms with Gasteiger partial charge in [0.2, 0.25) is 11.6 Å². The molecule has 0 aliphatic carbocycles. The molecule has 0 fully saturated rings. The molecule has 1 aliphatic rings. The second kappa shape index (κ2) is 10.9. The van der Waals surface area contributed by atoms with Crippen LogP contribution in [0.2, 0.25) is 0 Å². The Morgan fingerprint density at radius 3 is 2.70 bits per heavy atom. The van der Waals surface area contributed by atoms with Crippen LogP contribution in [-0.2, 0) is 29.0 Å². The molecule has 0 radical (unpaired) electrons. The fraction of sp³-hybridized carbons (Fsp3) is 0.348. The average Bonchev–Trinajstić information content (AvgIpc) is 3.35. The molecule has 3 heterocycles. The zero-order valence-corrected chi connectivity index (χ0v) is 20.5. The molecule has 37 heavy (non-hydrogen) atoms. The maximum Gasteiger partial charge on any atom is 0.422 e. The van der Waals surface area contributed by atoms with Crippen LogP contribution in [0, 0.1) is 0 Å². The molecule has 3 aromatic rings. The molecular weight excluding hydrogens is 517 g/mol. The number of hydrogen-bond acceptors (Lipinski definition) is 9. The first-order valence-corrected chi connectivity index (χ1v) is 12.0. The monoisotopic (exact) mass is 539 g/mol. The van der Waals surface area contributed by atoms with Gasteiger partial charge in [0.05, 0.1) is 24.1 Å². The molecule has 14 heteroatoms. The van der Waals surface area contributed by atoms with Gasteiger partial charge < -0.3 is 18.5 Å². The summed E-state index contributed by atoms with van der Waals surface area (Å²) in [6.07, 6.45) is -2.26. The van der Waals surface area contributed by atoms with E-state index in [0.29, 0.717) is 25.2 Å². The number of anilines is 2. The number of nitrogens with zero attached hydrogens (tertiary/aromatic N) is 4. The SMILES string of the molecule is COC(=O)c1cc(N(c2ccc3c(c2)CN(C(C)c2ccc(OCC(F)(F)F)nc2)CC3)S(=O)[O-])no1. The number of methoxy groups -OCH3 is 1. The molecular formula is C23H22F3N4O6S-. The molecule has 0 spiro atoms. The van der Waals surface area contributed by atoms with Gasteiger partial charge in [-0.3, -0.25) is 13.4 Å². The van der Waals surface area contributed by atoms with E-state index >= 15 is 0 Å². The number of halogens is 3. The summed E-state index contributed by atoms with van der Waals surface area (Å²) >= 11 is -2.76. The van der Waals surface area contributed by atoms with Gasteiger partial charge in [0.1, 0.15) is 0 Å². The van der Waals surface area contributed by atoms with E-state index < -0.39 is 30.0 Å². The first-order valence-electron chi connectivity index (χ1n) is 11.0. The van der Waals surface area contributed by atoms with Crippen molar-refractivity contribution in [2.45, 2.75) is 32.1 Å². The molecule has 0 N–H and O–H groups in total. The number of ether oxygens (including phenoxy) is 2. The third-order valence-corrected chi connectivity index (χ3v) is 6.58. The Kier molecular flexibility index (Phi) is 7.80. The smallest absolute Gasteiger partial charge is 0.422 e. The first-order chi connectivity index (χ1) is 17.6. The van der Waals surface area contributed by atoms with Gasteiger partial charge in [-0.25, -0.2) is 9.78 Å². The fourth-order valence-corrected chi connectivity index (χ4v) is 4.49. The summed E-state index contributed by atoms with van der Waals surface area (Å²) in [6, 6.07) is 9.32. The summed E-state index contributed by atoms with van der Waals surface area (Å²) in [5.41, 5.74) is 3.03. The molecule has 2 unspecified atom stereocenters. The van der Waals surface area contributed by atoms with Gasteiger partial charge in [-0.2, -0.15) is 13.2 Å². The molecule has 2 aromatic heterocycles. The van der Waals surface area contributed by atoms with Crippen LogP contribution >= 0.6 is 0 Å². The maximum absolute atomic E-state index is 12.4. The van der Waals surface area contributed by atoms with Gasteiger partial charge in [-0.1, -0.05) is 17.3 Å². The number of pyridine rings is 1. The van der Waals surface area contributed by atoms with Crippen LogP contribution in [-0.4, -0.2) is 56.2 Å². The Labute approximate surface area is 212 Å². The lowest BCUT2D eigenvalue weighted by Crippen LogP contribution is -2.33. The molecule has 198 valence electrons. The van der Waals surface area contributed by atoms with Crippen molar-refractivity contribution in [3.8, 4) is 5.88 Å². The van der Waals surface area contributed by atoms with E-state index in [2.05, 4.69) is 24.5 Å². The standard InChI is InChI=1S/C23H23F3N4O6S/c1-14(16-4-6-21(27-11-16)35-13-23(24,25)26)29-8-7-15-3-5-18(9-17(15)12-29)30(37(32)33)20-10-19(36-28-20)22(31)34-2/h3-6,9-11,14H,7-8,12-13H2,1-2H3,(H,32,33)/p-1. The van der Waals surface area contributed by atoms with Gasteiger partial charge >= 0.3 is 12.1 Å². The summed E-state index contributed by atoms with van der Waals surface area (Å²) < 4.78 is 76.2. The predicted octanol–water partition coefficient (Wildman–Crippen LogP) is 3.85. The number of rotatable bonds is 8. The summed E-state index contributed by atoms with van der Waals surface area (Å²) in [5, 5.41) is 3.68. The zero-order valence-electron chi connectivity index (χ0n) is 19.7. The van der Waals surface area contributed by atoms with Crippen molar-refractivity contribution < 1.29 is 40.7 Å². The van der Waals surface area contributed by atoms with Crippen LogP contribution in [0.25, 0.3) is 0 Å². The fourth-order valence-electron chi connectivity index (χ4n) is 3.97. The Morgan fingerprint density at radius 2 is 2.05 bits per heavy atom. The molecule has 0 saturated heterocycles. The molecule has 0 amide bonds. The van der Waals surface area contributed by atoms with E-state index in [-0.39, 0.29) is 23.5 Å². The van der Waals surface area contributed by atoms with Crippen molar-refractivity contribution >= 4 is 28.7 Å². The van der Waals surface area contributed by atoms with E-state index in [0.717, 1.165) is 28.1 Å². The van der Waals surface area contributed by atoms with Gasteiger partial charge in [0, 0.05) is 37.5 Å². The number of carbonyl (C=O) groups excluding carboxylic acids is 1.